The number of hydrogen-bond donors (Lipinski definition) is 2. The van der Waals surface area contributed by atoms with Crippen molar-refractivity contribution in [1.82, 2.24) is 15.6 Å². The van der Waals surface area contributed by atoms with Gasteiger partial charge >= 0.3 is 6.03 Å². The maximum atomic E-state index is 13.3. The summed E-state index contributed by atoms with van der Waals surface area (Å²) in [7, 11) is 0. The van der Waals surface area contributed by atoms with E-state index in [0.717, 1.165) is 16.5 Å². The maximum Gasteiger partial charge on any atom is 0.328 e. The highest BCUT2D eigenvalue weighted by molar-refractivity contribution is 6.31. The molecule has 0 atom stereocenters. The average Bonchev–Trinajstić information content (AvgIpc) is 3.13. The number of hydrogen-bond acceptors (Lipinski definition) is 9. The van der Waals surface area contributed by atoms with Crippen LogP contribution in [0.2, 0.25) is 5.02 Å². The number of benzene rings is 3. The number of nitrogens with zero attached hydrogens (tertiary/aromatic N) is 3. The minimum atomic E-state index is -0.442. The summed E-state index contributed by atoms with van der Waals surface area (Å²) in [6.45, 7) is 11.9. The zero-order chi connectivity index (χ0) is 37.9. The molecule has 4 aromatic rings. The molecule has 1 saturated heterocycles. The molecule has 6 rings (SSSR count). The number of fused-ring (bicyclic) bond motifs is 1. The molecule has 2 heterocycles. The van der Waals surface area contributed by atoms with Crippen LogP contribution in [-0.4, -0.2) is 67.9 Å². The molecule has 1 aromatic heterocycles. The second-order valence-corrected chi connectivity index (χ2v) is 14.7. The predicted molar refractivity (Wildman–Crippen MR) is 200 cm³/mol. The van der Waals surface area contributed by atoms with Gasteiger partial charge < -0.3 is 24.3 Å². The van der Waals surface area contributed by atoms with Gasteiger partial charge in [-0.15, -0.1) is 0 Å². The number of aryl methyl sites for hydroxylation is 1. The first-order valence-corrected chi connectivity index (χ1v) is 17.8. The van der Waals surface area contributed by atoms with E-state index in [2.05, 4.69) is 49.4 Å². The minimum absolute atomic E-state index is 0.154. The Hall–Kier alpha value is -5.38. The van der Waals surface area contributed by atoms with Crippen LogP contribution in [0.15, 0.2) is 66.9 Å². The largest absolute Gasteiger partial charge is 0.491 e. The third-order valence-corrected chi connectivity index (χ3v) is 10.3. The van der Waals surface area contributed by atoms with Gasteiger partial charge in [0.25, 0.3) is 5.91 Å². The van der Waals surface area contributed by atoms with E-state index >= 15 is 0 Å². The number of pyridine rings is 1. The Morgan fingerprint density at radius 2 is 1.62 bits per heavy atom. The molecular weight excluding hydrogens is 698 g/mol. The number of carbonyl (C=O) groups excluding carboxylic acids is 3. The Morgan fingerprint density at radius 1 is 0.962 bits per heavy atom. The normalized spacial score (nSPS) is 18.8. The molecule has 12 nitrogen and oxygen atoms in total. The van der Waals surface area contributed by atoms with Crippen LogP contribution in [0.3, 0.4) is 0 Å². The summed E-state index contributed by atoms with van der Waals surface area (Å²) in [6.07, 6.45) is 1.69. The molecule has 1 aliphatic carbocycles. The number of ether oxygens (including phenoxy) is 4. The van der Waals surface area contributed by atoms with Crippen molar-refractivity contribution >= 4 is 46.0 Å². The van der Waals surface area contributed by atoms with Gasteiger partial charge in [0.15, 0.2) is 0 Å². The Morgan fingerprint density at radius 3 is 2.28 bits per heavy atom. The van der Waals surface area contributed by atoms with Gasteiger partial charge in [0.2, 0.25) is 5.91 Å². The number of nitriles is 1. The van der Waals surface area contributed by atoms with Gasteiger partial charge in [0.1, 0.15) is 42.6 Å². The van der Waals surface area contributed by atoms with Crippen molar-refractivity contribution in [3.63, 3.8) is 0 Å². The van der Waals surface area contributed by atoms with E-state index < -0.39 is 6.03 Å². The third kappa shape index (κ3) is 7.87. The van der Waals surface area contributed by atoms with E-state index in [1.165, 1.54) is 4.90 Å². The molecule has 1 saturated carbocycles. The van der Waals surface area contributed by atoms with Crippen molar-refractivity contribution in [2.75, 3.05) is 37.9 Å². The van der Waals surface area contributed by atoms with E-state index in [-0.39, 0.29) is 41.2 Å². The van der Waals surface area contributed by atoms with E-state index in [0.29, 0.717) is 72.1 Å². The fraction of sp³-hybridized carbons (Fsp3) is 0.375. The summed E-state index contributed by atoms with van der Waals surface area (Å²) >= 11 is 6.21. The predicted octanol–water partition coefficient (Wildman–Crippen LogP) is 6.60. The fourth-order valence-corrected chi connectivity index (χ4v) is 7.72. The van der Waals surface area contributed by atoms with Crippen LogP contribution in [0.25, 0.3) is 10.9 Å². The standard InChI is InChI=1S/C40H42ClN5O7/c1-24-30-13-12-28(21-32(30)43-23-33(24)46-15-14-34(47)44-38(46)49)52-19-17-50-16-18-51-27-9-6-25(7-10-27)35(48)45-36-39(2,3)37(40(36,4)5)53-29-11-8-26(22-42)31(41)20-29/h6-13,20-21,23,36-37H,14-19H2,1-5H3,(H,45,48)(H,44,47,49). The number of halogens is 1. The summed E-state index contributed by atoms with van der Waals surface area (Å²) < 4.78 is 23.7. The summed E-state index contributed by atoms with van der Waals surface area (Å²) in [5.74, 6) is 1.39. The molecule has 2 fully saturated rings. The van der Waals surface area contributed by atoms with Crippen LogP contribution in [0.4, 0.5) is 10.5 Å². The summed E-state index contributed by atoms with van der Waals surface area (Å²) in [5.41, 5.74) is 2.46. The smallest absolute Gasteiger partial charge is 0.328 e. The highest BCUT2D eigenvalue weighted by Crippen LogP contribution is 2.55. The summed E-state index contributed by atoms with van der Waals surface area (Å²) in [4.78, 5) is 43.1. The van der Waals surface area contributed by atoms with Crippen LogP contribution in [0.1, 0.15) is 55.6 Å². The van der Waals surface area contributed by atoms with Crippen LogP contribution in [-0.2, 0) is 9.53 Å². The lowest BCUT2D eigenvalue weighted by Crippen LogP contribution is -2.74. The quantitative estimate of drug-likeness (QED) is 0.145. The van der Waals surface area contributed by atoms with Gasteiger partial charge in [0, 0.05) is 52.9 Å². The second-order valence-electron chi connectivity index (χ2n) is 14.3. The fourth-order valence-electron chi connectivity index (χ4n) is 7.51. The number of carbonyl (C=O) groups is 3. The average molecular weight is 740 g/mol. The zero-order valence-corrected chi connectivity index (χ0v) is 31.1. The molecule has 0 radical (unpaired) electrons. The molecule has 276 valence electrons. The first-order valence-electron chi connectivity index (χ1n) is 17.4. The monoisotopic (exact) mass is 739 g/mol. The number of rotatable bonds is 13. The second kappa shape index (κ2) is 15.3. The van der Waals surface area contributed by atoms with Crippen LogP contribution in [0.5, 0.6) is 17.2 Å². The highest BCUT2D eigenvalue weighted by Gasteiger charge is 2.64. The number of amides is 4. The Labute approximate surface area is 313 Å². The van der Waals surface area contributed by atoms with E-state index in [1.54, 1.807) is 48.7 Å². The Bertz CT molecular complexity index is 2060. The van der Waals surface area contributed by atoms with Crippen LogP contribution in [0, 0.1) is 29.1 Å². The first kappa shape index (κ1) is 37.4. The van der Waals surface area contributed by atoms with Gasteiger partial charge in [-0.25, -0.2) is 4.79 Å². The molecule has 2 N–H and O–H groups in total. The molecule has 3 aromatic carbocycles. The van der Waals surface area contributed by atoms with Gasteiger partial charge in [-0.1, -0.05) is 39.3 Å². The van der Waals surface area contributed by atoms with Crippen LogP contribution < -0.4 is 29.7 Å². The van der Waals surface area contributed by atoms with Gasteiger partial charge in [-0.05, 0) is 61.0 Å². The number of imide groups is 1. The molecule has 0 unspecified atom stereocenters. The molecule has 4 amide bonds. The van der Waals surface area contributed by atoms with Crippen molar-refractivity contribution in [3.05, 3.63) is 88.6 Å². The third-order valence-electron chi connectivity index (χ3n) is 9.97. The van der Waals surface area contributed by atoms with E-state index in [1.807, 2.05) is 25.1 Å². The van der Waals surface area contributed by atoms with Crippen molar-refractivity contribution in [2.24, 2.45) is 10.8 Å². The lowest BCUT2D eigenvalue weighted by molar-refractivity contribution is -0.164. The lowest BCUT2D eigenvalue weighted by atomic mass is 9.49. The first-order chi connectivity index (χ1) is 25.3. The van der Waals surface area contributed by atoms with Gasteiger partial charge in [-0.2, -0.15) is 5.26 Å². The molecule has 2 aliphatic rings. The molecular formula is C40H42ClN5O7. The maximum absolute atomic E-state index is 13.3. The van der Waals surface area contributed by atoms with Crippen molar-refractivity contribution in [2.45, 2.75) is 53.2 Å². The summed E-state index contributed by atoms with van der Waals surface area (Å²) in [6, 6.07) is 19.1. The molecule has 13 heteroatoms. The van der Waals surface area contributed by atoms with Gasteiger partial charge in [0.05, 0.1) is 41.2 Å². The number of aromatic nitrogens is 1. The van der Waals surface area contributed by atoms with Gasteiger partial charge in [-0.3, -0.25) is 24.8 Å². The molecule has 53 heavy (non-hydrogen) atoms. The highest BCUT2D eigenvalue weighted by atomic mass is 35.5. The minimum Gasteiger partial charge on any atom is -0.491 e. The van der Waals surface area contributed by atoms with Crippen molar-refractivity contribution < 1.29 is 33.3 Å². The number of anilines is 1. The van der Waals surface area contributed by atoms with E-state index in [9.17, 15) is 14.4 Å². The Balaban J connectivity index is 0.914. The SMILES string of the molecule is Cc1c(N2CCC(=O)NC2=O)cnc2cc(OCCOCCOc3ccc(C(=O)NC4C(C)(C)C(Oc5ccc(C#N)c(Cl)c5)C4(C)C)cc3)ccc12. The Kier molecular flexibility index (Phi) is 10.8. The zero-order valence-electron chi connectivity index (χ0n) is 30.3. The molecule has 0 spiro atoms. The number of urea groups is 1. The van der Waals surface area contributed by atoms with Crippen LogP contribution >= 0.6 is 11.6 Å². The lowest BCUT2D eigenvalue weighted by Gasteiger charge is -2.63. The van der Waals surface area contributed by atoms with E-state index in [4.69, 9.17) is 35.8 Å². The topological polar surface area (TPSA) is 152 Å². The molecule has 1 aliphatic heterocycles. The van der Waals surface area contributed by atoms with Crippen molar-refractivity contribution in [3.8, 4) is 23.3 Å². The summed E-state index contributed by atoms with van der Waals surface area (Å²) in [5, 5.41) is 15.9. The molecule has 0 bridgehead atoms. The van der Waals surface area contributed by atoms with Crippen molar-refractivity contribution in [1.29, 1.82) is 5.26 Å². The number of nitrogens with one attached hydrogen (secondary N) is 2.